The van der Waals surface area contributed by atoms with Crippen LogP contribution >= 0.6 is 11.3 Å². The summed E-state index contributed by atoms with van der Waals surface area (Å²) >= 11 is 1.68. The maximum atomic E-state index is 5.02. The minimum absolute atomic E-state index is 0.616. The van der Waals surface area contributed by atoms with Gasteiger partial charge < -0.3 is 9.42 Å². The second-order valence-electron chi connectivity index (χ2n) is 5.75. The summed E-state index contributed by atoms with van der Waals surface area (Å²) in [7, 11) is 0. The number of aromatic nitrogens is 4. The Labute approximate surface area is 143 Å². The van der Waals surface area contributed by atoms with E-state index in [-0.39, 0.29) is 0 Å². The monoisotopic (exact) mass is 342 g/mol. The average molecular weight is 342 g/mol. The Balaban J connectivity index is 1.35. The summed E-state index contributed by atoms with van der Waals surface area (Å²) in [6.45, 7) is 6.28. The van der Waals surface area contributed by atoms with E-state index in [0.29, 0.717) is 5.89 Å². The van der Waals surface area contributed by atoms with Gasteiger partial charge in [0.2, 0.25) is 5.89 Å². The minimum Gasteiger partial charge on any atom is -0.353 e. The molecule has 4 rings (SSSR count). The molecule has 3 aromatic heterocycles. The zero-order valence-electron chi connectivity index (χ0n) is 13.4. The summed E-state index contributed by atoms with van der Waals surface area (Å²) in [6, 6.07) is 8.19. The molecule has 0 N–H and O–H groups in total. The second kappa shape index (κ2) is 6.66. The van der Waals surface area contributed by atoms with E-state index in [1.54, 1.807) is 11.3 Å². The number of aryl methyl sites for hydroxylation is 1. The number of hydrogen-bond acceptors (Lipinski definition) is 8. The van der Waals surface area contributed by atoms with E-state index in [0.717, 1.165) is 54.9 Å². The van der Waals surface area contributed by atoms with Crippen molar-refractivity contribution in [1.82, 2.24) is 25.2 Å². The topological polar surface area (TPSA) is 71.2 Å². The molecule has 0 aliphatic carbocycles. The standard InChI is InChI=1S/C16H18N6OS/c1-12-17-15(20-23-12)11-21-6-8-22(9-7-21)16-5-4-13(18-19-16)14-3-2-10-24-14/h2-5,10H,6-9,11H2,1H3. The van der Waals surface area contributed by atoms with Crippen molar-refractivity contribution in [3.63, 3.8) is 0 Å². The zero-order valence-corrected chi connectivity index (χ0v) is 14.2. The Bertz CT molecular complexity index is 777. The van der Waals surface area contributed by atoms with Crippen molar-refractivity contribution >= 4 is 17.2 Å². The van der Waals surface area contributed by atoms with Gasteiger partial charge in [-0.25, -0.2) is 0 Å². The fourth-order valence-electron chi connectivity index (χ4n) is 2.79. The Morgan fingerprint density at radius 1 is 1.12 bits per heavy atom. The van der Waals surface area contributed by atoms with E-state index < -0.39 is 0 Å². The quantitative estimate of drug-likeness (QED) is 0.720. The lowest BCUT2D eigenvalue weighted by Crippen LogP contribution is -2.46. The summed E-state index contributed by atoms with van der Waals surface area (Å²) in [5.41, 5.74) is 0.930. The smallest absolute Gasteiger partial charge is 0.223 e. The molecular formula is C16H18N6OS. The highest BCUT2D eigenvalue weighted by Gasteiger charge is 2.20. The van der Waals surface area contributed by atoms with E-state index in [1.807, 2.05) is 19.1 Å². The van der Waals surface area contributed by atoms with Crippen LogP contribution in [0.25, 0.3) is 10.6 Å². The molecule has 24 heavy (non-hydrogen) atoms. The summed E-state index contributed by atoms with van der Waals surface area (Å²) in [5.74, 6) is 2.30. The summed E-state index contributed by atoms with van der Waals surface area (Å²) in [5, 5.41) is 14.8. The molecule has 1 saturated heterocycles. The van der Waals surface area contributed by atoms with E-state index in [4.69, 9.17) is 4.52 Å². The molecule has 1 aliphatic rings. The van der Waals surface area contributed by atoms with Gasteiger partial charge >= 0.3 is 0 Å². The highest BCUT2D eigenvalue weighted by molar-refractivity contribution is 7.13. The average Bonchev–Trinajstić information content (AvgIpc) is 3.28. The van der Waals surface area contributed by atoms with Crippen molar-refractivity contribution in [2.75, 3.05) is 31.1 Å². The number of hydrogen-bond donors (Lipinski definition) is 0. The maximum absolute atomic E-state index is 5.02. The van der Waals surface area contributed by atoms with Crippen molar-refractivity contribution in [1.29, 1.82) is 0 Å². The third-order valence-corrected chi connectivity index (χ3v) is 4.95. The number of thiophene rings is 1. The Kier molecular flexibility index (Phi) is 4.22. The summed E-state index contributed by atoms with van der Waals surface area (Å²) < 4.78 is 5.02. The van der Waals surface area contributed by atoms with Crippen LogP contribution in [-0.2, 0) is 6.54 Å². The highest BCUT2D eigenvalue weighted by atomic mass is 32.1. The van der Waals surface area contributed by atoms with Crippen LogP contribution in [0, 0.1) is 6.92 Å². The van der Waals surface area contributed by atoms with Crippen molar-refractivity contribution in [2.24, 2.45) is 0 Å². The van der Waals surface area contributed by atoms with Gasteiger partial charge in [0, 0.05) is 33.1 Å². The molecule has 0 radical (unpaired) electrons. The van der Waals surface area contributed by atoms with Crippen LogP contribution in [0.15, 0.2) is 34.2 Å². The van der Waals surface area contributed by atoms with Gasteiger partial charge in [0.15, 0.2) is 11.6 Å². The first-order valence-electron chi connectivity index (χ1n) is 7.92. The van der Waals surface area contributed by atoms with Crippen LogP contribution in [0.2, 0.25) is 0 Å². The lowest BCUT2D eigenvalue weighted by atomic mass is 10.3. The first kappa shape index (κ1) is 15.2. The van der Waals surface area contributed by atoms with Gasteiger partial charge in [0.05, 0.1) is 11.4 Å². The van der Waals surface area contributed by atoms with Gasteiger partial charge in [-0.1, -0.05) is 11.2 Å². The van der Waals surface area contributed by atoms with E-state index in [1.165, 1.54) is 0 Å². The van der Waals surface area contributed by atoms with Crippen LogP contribution in [0.5, 0.6) is 0 Å². The number of anilines is 1. The van der Waals surface area contributed by atoms with E-state index in [9.17, 15) is 0 Å². The number of piperazine rings is 1. The molecule has 1 aliphatic heterocycles. The molecule has 124 valence electrons. The lowest BCUT2D eigenvalue weighted by Gasteiger charge is -2.34. The van der Waals surface area contributed by atoms with E-state index >= 15 is 0 Å². The third-order valence-electron chi connectivity index (χ3n) is 4.06. The van der Waals surface area contributed by atoms with Crippen molar-refractivity contribution in [2.45, 2.75) is 13.5 Å². The van der Waals surface area contributed by atoms with Crippen LogP contribution in [0.4, 0.5) is 5.82 Å². The molecule has 8 heteroatoms. The highest BCUT2D eigenvalue weighted by Crippen LogP contribution is 2.23. The van der Waals surface area contributed by atoms with Gasteiger partial charge in [0.25, 0.3) is 0 Å². The minimum atomic E-state index is 0.616. The number of rotatable bonds is 4. The van der Waals surface area contributed by atoms with Crippen molar-refractivity contribution < 1.29 is 4.52 Å². The van der Waals surface area contributed by atoms with Crippen molar-refractivity contribution in [3.8, 4) is 10.6 Å². The Morgan fingerprint density at radius 2 is 2.00 bits per heavy atom. The molecule has 0 bridgehead atoms. The predicted octanol–water partition coefficient (Wildman–Crippen LogP) is 2.22. The SMILES string of the molecule is Cc1nc(CN2CCN(c3ccc(-c4cccs4)nn3)CC2)no1. The Hall–Kier alpha value is -2.32. The molecule has 4 heterocycles. The fourth-order valence-corrected chi connectivity index (χ4v) is 3.48. The molecule has 3 aromatic rings. The zero-order chi connectivity index (χ0) is 16.4. The van der Waals surface area contributed by atoms with Crippen LogP contribution < -0.4 is 4.90 Å². The molecule has 0 atom stereocenters. The molecule has 1 fully saturated rings. The first-order valence-corrected chi connectivity index (χ1v) is 8.80. The second-order valence-corrected chi connectivity index (χ2v) is 6.69. The number of nitrogens with zero attached hydrogens (tertiary/aromatic N) is 6. The van der Waals surface area contributed by atoms with Gasteiger partial charge in [0.1, 0.15) is 5.69 Å². The maximum Gasteiger partial charge on any atom is 0.223 e. The van der Waals surface area contributed by atoms with Gasteiger partial charge in [-0.2, -0.15) is 4.98 Å². The van der Waals surface area contributed by atoms with Crippen LogP contribution in [0.3, 0.4) is 0 Å². The van der Waals surface area contributed by atoms with Crippen molar-refractivity contribution in [3.05, 3.63) is 41.4 Å². The lowest BCUT2D eigenvalue weighted by molar-refractivity contribution is 0.239. The first-order chi connectivity index (χ1) is 11.8. The molecule has 0 unspecified atom stereocenters. The largest absolute Gasteiger partial charge is 0.353 e. The van der Waals surface area contributed by atoms with Crippen LogP contribution in [0.1, 0.15) is 11.7 Å². The van der Waals surface area contributed by atoms with Gasteiger partial charge in [-0.15, -0.1) is 21.5 Å². The predicted molar refractivity (Wildman–Crippen MR) is 91.9 cm³/mol. The summed E-state index contributed by atoms with van der Waals surface area (Å²) in [6.07, 6.45) is 0. The van der Waals surface area contributed by atoms with Gasteiger partial charge in [-0.3, -0.25) is 4.90 Å². The summed E-state index contributed by atoms with van der Waals surface area (Å²) in [4.78, 5) is 10.0. The van der Waals surface area contributed by atoms with Crippen LogP contribution in [-0.4, -0.2) is 51.4 Å². The Morgan fingerprint density at radius 3 is 2.62 bits per heavy atom. The fraction of sp³-hybridized carbons (Fsp3) is 0.375. The molecule has 0 aromatic carbocycles. The normalized spacial score (nSPS) is 15.8. The molecule has 0 amide bonds. The third kappa shape index (κ3) is 3.29. The molecular weight excluding hydrogens is 324 g/mol. The van der Waals surface area contributed by atoms with E-state index in [2.05, 4.69) is 47.7 Å². The van der Waals surface area contributed by atoms with Gasteiger partial charge in [-0.05, 0) is 23.6 Å². The molecule has 0 saturated carbocycles. The molecule has 0 spiro atoms. The molecule has 7 nitrogen and oxygen atoms in total.